The number of hydrogen-bond donors (Lipinski definition) is 0. The molecule has 7 nitrogen and oxygen atoms in total. The van der Waals surface area contributed by atoms with Gasteiger partial charge in [-0.1, -0.05) is 29.8 Å². The SMILES string of the molecule is Cc1nc2c3c(nn2c(C)c1Cl)CN(C(=O)c1ccccc1OCCc1ccccn1)C3. The van der Waals surface area contributed by atoms with Gasteiger partial charge in [0.1, 0.15) is 5.75 Å². The fraction of sp³-hybridized carbons (Fsp3) is 0.250. The molecule has 4 heterocycles. The first kappa shape index (κ1) is 20.5. The van der Waals surface area contributed by atoms with E-state index in [0.717, 1.165) is 34.0 Å². The van der Waals surface area contributed by atoms with Crippen molar-refractivity contribution in [3.8, 4) is 5.75 Å². The number of benzene rings is 1. The van der Waals surface area contributed by atoms with Gasteiger partial charge in [0, 0.05) is 23.9 Å². The molecular weight excluding hydrogens is 426 g/mol. The Bertz CT molecular complexity index is 1320. The first-order chi connectivity index (χ1) is 15.5. The fourth-order valence-corrected chi connectivity index (χ4v) is 4.13. The van der Waals surface area contributed by atoms with Crippen LogP contribution >= 0.6 is 11.6 Å². The minimum absolute atomic E-state index is 0.0861. The van der Waals surface area contributed by atoms with Crippen molar-refractivity contribution in [3.05, 3.63) is 87.6 Å². The smallest absolute Gasteiger partial charge is 0.258 e. The van der Waals surface area contributed by atoms with Gasteiger partial charge in [-0.25, -0.2) is 9.50 Å². The molecule has 1 aliphatic heterocycles. The third-order valence-electron chi connectivity index (χ3n) is 5.70. The quantitative estimate of drug-likeness (QED) is 0.459. The zero-order valence-corrected chi connectivity index (χ0v) is 18.6. The van der Waals surface area contributed by atoms with Gasteiger partial charge < -0.3 is 9.64 Å². The summed E-state index contributed by atoms with van der Waals surface area (Å²) < 4.78 is 7.74. The zero-order chi connectivity index (χ0) is 22.2. The van der Waals surface area contributed by atoms with E-state index >= 15 is 0 Å². The van der Waals surface area contributed by atoms with E-state index in [9.17, 15) is 4.79 Å². The first-order valence-electron chi connectivity index (χ1n) is 10.5. The molecule has 1 aromatic carbocycles. The van der Waals surface area contributed by atoms with Crippen LogP contribution in [0.1, 0.15) is 38.7 Å². The van der Waals surface area contributed by atoms with Gasteiger partial charge in [0.25, 0.3) is 5.91 Å². The molecule has 0 saturated heterocycles. The Balaban J connectivity index is 1.34. The molecule has 0 fully saturated rings. The lowest BCUT2D eigenvalue weighted by Crippen LogP contribution is -2.26. The van der Waals surface area contributed by atoms with Crippen molar-refractivity contribution in [3.63, 3.8) is 0 Å². The van der Waals surface area contributed by atoms with Gasteiger partial charge in [-0.05, 0) is 38.1 Å². The second-order valence-electron chi connectivity index (χ2n) is 7.83. The van der Waals surface area contributed by atoms with E-state index < -0.39 is 0 Å². The standard InChI is InChI=1S/C24H22ClN5O2/c1-15-22(25)16(2)30-23(27-15)19-13-29(14-20(19)28-30)24(31)18-8-3-4-9-21(18)32-12-10-17-7-5-6-11-26-17/h3-9,11H,10,12-14H2,1-2H3. The molecule has 3 aromatic heterocycles. The van der Waals surface area contributed by atoms with E-state index in [1.54, 1.807) is 21.7 Å². The highest BCUT2D eigenvalue weighted by atomic mass is 35.5. The summed E-state index contributed by atoms with van der Waals surface area (Å²) in [4.78, 5) is 24.1. The Kier molecular flexibility index (Phi) is 5.27. The molecule has 8 heteroatoms. The molecule has 32 heavy (non-hydrogen) atoms. The number of ether oxygens (including phenoxy) is 1. The molecule has 0 spiro atoms. The molecule has 0 bridgehead atoms. The predicted molar refractivity (Wildman–Crippen MR) is 121 cm³/mol. The van der Waals surface area contributed by atoms with Gasteiger partial charge in [-0.15, -0.1) is 0 Å². The number of halogens is 1. The van der Waals surface area contributed by atoms with Crippen molar-refractivity contribution in [2.45, 2.75) is 33.4 Å². The molecule has 0 N–H and O–H groups in total. The molecule has 0 radical (unpaired) electrons. The predicted octanol–water partition coefficient (Wildman–Crippen LogP) is 4.17. The van der Waals surface area contributed by atoms with Crippen LogP contribution in [0.4, 0.5) is 0 Å². The van der Waals surface area contributed by atoms with Crippen molar-refractivity contribution in [2.24, 2.45) is 0 Å². The van der Waals surface area contributed by atoms with Crippen LogP contribution in [0.2, 0.25) is 5.02 Å². The van der Waals surface area contributed by atoms with Gasteiger partial charge >= 0.3 is 0 Å². The third-order valence-corrected chi connectivity index (χ3v) is 6.25. The second kappa shape index (κ2) is 8.24. The normalized spacial score (nSPS) is 12.9. The number of pyridine rings is 1. The van der Waals surface area contributed by atoms with Crippen LogP contribution in [0.3, 0.4) is 0 Å². The van der Waals surface area contributed by atoms with Crippen LogP contribution in [0, 0.1) is 13.8 Å². The van der Waals surface area contributed by atoms with E-state index in [2.05, 4.69) is 15.1 Å². The van der Waals surface area contributed by atoms with Gasteiger partial charge in [0.05, 0.1) is 47.4 Å². The highest BCUT2D eigenvalue weighted by Crippen LogP contribution is 2.31. The Morgan fingerprint density at radius 2 is 1.94 bits per heavy atom. The number of para-hydroxylation sites is 1. The summed E-state index contributed by atoms with van der Waals surface area (Å²) in [5.74, 6) is 0.487. The summed E-state index contributed by atoms with van der Waals surface area (Å²) in [6.07, 6.45) is 2.43. The van der Waals surface area contributed by atoms with Crippen LogP contribution in [0.25, 0.3) is 5.65 Å². The lowest BCUT2D eigenvalue weighted by Gasteiger charge is -2.18. The Hall–Kier alpha value is -3.45. The molecule has 0 saturated carbocycles. The molecule has 0 atom stereocenters. The number of amides is 1. The number of rotatable bonds is 5. The number of aryl methyl sites for hydroxylation is 2. The first-order valence-corrected chi connectivity index (χ1v) is 10.8. The van der Waals surface area contributed by atoms with Gasteiger partial charge in [0.2, 0.25) is 0 Å². The zero-order valence-electron chi connectivity index (χ0n) is 17.9. The van der Waals surface area contributed by atoms with Crippen LogP contribution in [0.5, 0.6) is 5.75 Å². The summed E-state index contributed by atoms with van der Waals surface area (Å²) in [7, 11) is 0. The molecule has 1 amide bonds. The average Bonchev–Trinajstić information content (AvgIpc) is 3.37. The lowest BCUT2D eigenvalue weighted by atomic mass is 10.1. The highest BCUT2D eigenvalue weighted by Gasteiger charge is 2.31. The van der Waals surface area contributed by atoms with E-state index in [-0.39, 0.29) is 5.91 Å². The Morgan fingerprint density at radius 1 is 1.12 bits per heavy atom. The maximum Gasteiger partial charge on any atom is 0.258 e. The van der Waals surface area contributed by atoms with Crippen molar-refractivity contribution in [2.75, 3.05) is 6.61 Å². The molecule has 162 valence electrons. The van der Waals surface area contributed by atoms with E-state index in [4.69, 9.17) is 16.3 Å². The molecule has 0 unspecified atom stereocenters. The number of hydrogen-bond acceptors (Lipinski definition) is 5. The van der Waals surface area contributed by atoms with Gasteiger partial charge in [0.15, 0.2) is 5.65 Å². The number of aromatic nitrogens is 4. The van der Waals surface area contributed by atoms with Gasteiger partial charge in [-0.3, -0.25) is 9.78 Å². The molecule has 4 aromatic rings. The fourth-order valence-electron chi connectivity index (χ4n) is 4.01. The average molecular weight is 448 g/mol. The minimum atomic E-state index is -0.0861. The van der Waals surface area contributed by atoms with E-state index in [1.165, 1.54) is 0 Å². The van der Waals surface area contributed by atoms with E-state index in [1.807, 2.05) is 50.2 Å². The minimum Gasteiger partial charge on any atom is -0.492 e. The highest BCUT2D eigenvalue weighted by molar-refractivity contribution is 6.31. The molecule has 0 aliphatic carbocycles. The summed E-state index contributed by atoms with van der Waals surface area (Å²) in [5, 5.41) is 5.28. The van der Waals surface area contributed by atoms with Crippen LogP contribution in [-0.2, 0) is 19.5 Å². The van der Waals surface area contributed by atoms with Gasteiger partial charge in [-0.2, -0.15) is 5.10 Å². The van der Waals surface area contributed by atoms with Crippen molar-refractivity contribution in [1.82, 2.24) is 24.5 Å². The van der Waals surface area contributed by atoms with Crippen LogP contribution in [-0.4, -0.2) is 37.0 Å². The maximum atomic E-state index is 13.3. The number of carbonyl (C=O) groups is 1. The monoisotopic (exact) mass is 447 g/mol. The summed E-state index contributed by atoms with van der Waals surface area (Å²) in [6.45, 7) is 5.13. The largest absolute Gasteiger partial charge is 0.492 e. The summed E-state index contributed by atoms with van der Waals surface area (Å²) in [5.41, 5.74) is 5.68. The van der Waals surface area contributed by atoms with E-state index in [0.29, 0.717) is 42.5 Å². The van der Waals surface area contributed by atoms with Crippen LogP contribution < -0.4 is 4.74 Å². The molecular formula is C24H22ClN5O2. The second-order valence-corrected chi connectivity index (χ2v) is 8.21. The summed E-state index contributed by atoms with van der Waals surface area (Å²) in [6, 6.07) is 13.1. The number of fused-ring (bicyclic) bond motifs is 3. The maximum absolute atomic E-state index is 13.3. The topological polar surface area (TPSA) is 72.6 Å². The molecule has 5 rings (SSSR count). The Labute approximate surface area is 190 Å². The number of carbonyl (C=O) groups excluding carboxylic acids is 1. The molecule has 1 aliphatic rings. The lowest BCUT2D eigenvalue weighted by molar-refractivity contribution is 0.0745. The Morgan fingerprint density at radius 3 is 2.75 bits per heavy atom. The van der Waals surface area contributed by atoms with Crippen LogP contribution in [0.15, 0.2) is 48.7 Å². The third kappa shape index (κ3) is 3.58. The number of nitrogens with zero attached hydrogens (tertiary/aromatic N) is 5. The van der Waals surface area contributed by atoms with Crippen molar-refractivity contribution in [1.29, 1.82) is 0 Å². The van der Waals surface area contributed by atoms with Crippen molar-refractivity contribution >= 4 is 23.2 Å². The van der Waals surface area contributed by atoms with Crippen molar-refractivity contribution < 1.29 is 9.53 Å². The summed E-state index contributed by atoms with van der Waals surface area (Å²) >= 11 is 6.33.